The van der Waals surface area contributed by atoms with Crippen LogP contribution in [-0.2, 0) is 19.7 Å². The second kappa shape index (κ2) is 5.33. The lowest BCUT2D eigenvalue weighted by Gasteiger charge is -2.12. The highest BCUT2D eigenvalue weighted by Crippen LogP contribution is 2.28. The van der Waals surface area contributed by atoms with Gasteiger partial charge in [-0.05, 0) is 28.8 Å². The number of fused-ring (bicyclic) bond motifs is 1. The van der Waals surface area contributed by atoms with Crippen molar-refractivity contribution >= 4 is 0 Å². The van der Waals surface area contributed by atoms with Crippen LogP contribution in [0.2, 0.25) is 0 Å². The van der Waals surface area contributed by atoms with Crippen LogP contribution in [0.15, 0.2) is 42.5 Å². The Bertz CT molecular complexity index is 581. The van der Waals surface area contributed by atoms with E-state index in [1.807, 2.05) is 24.3 Å². The van der Waals surface area contributed by atoms with Crippen LogP contribution in [0.5, 0.6) is 11.5 Å². The van der Waals surface area contributed by atoms with Crippen molar-refractivity contribution in [2.45, 2.75) is 19.7 Å². The minimum atomic E-state index is 0.575. The molecule has 1 aliphatic rings. The molecule has 0 fully saturated rings. The maximum Gasteiger partial charge on any atom is 0.161 e. The quantitative estimate of drug-likeness (QED) is 0.911. The second-order valence-corrected chi connectivity index (χ2v) is 4.60. The summed E-state index contributed by atoms with van der Waals surface area (Å²) in [4.78, 5) is 0. The largest absolute Gasteiger partial charge is 0.493 e. The van der Waals surface area contributed by atoms with E-state index in [1.165, 1.54) is 16.7 Å². The fourth-order valence-corrected chi connectivity index (χ4v) is 2.43. The van der Waals surface area contributed by atoms with Crippen molar-refractivity contribution in [3.63, 3.8) is 0 Å². The van der Waals surface area contributed by atoms with Gasteiger partial charge in [0.2, 0.25) is 0 Å². The number of nitrogens with one attached hydrogen (secondary N) is 1. The molecule has 0 atom stereocenters. The van der Waals surface area contributed by atoms with Crippen LogP contribution >= 0.6 is 0 Å². The summed E-state index contributed by atoms with van der Waals surface area (Å²) in [5.74, 6) is 1.56. The highest BCUT2D eigenvalue weighted by atomic mass is 16.5. The topological polar surface area (TPSA) is 30.5 Å². The summed E-state index contributed by atoms with van der Waals surface area (Å²) in [6, 6.07) is 14.1. The Balaban J connectivity index is 1.78. The van der Waals surface area contributed by atoms with Gasteiger partial charge in [0.25, 0.3) is 0 Å². The highest BCUT2D eigenvalue weighted by Gasteiger charge is 2.14. The van der Waals surface area contributed by atoms with Crippen LogP contribution in [0.3, 0.4) is 0 Å². The molecule has 0 spiro atoms. The van der Waals surface area contributed by atoms with Gasteiger partial charge in [-0.2, -0.15) is 0 Å². The van der Waals surface area contributed by atoms with Gasteiger partial charge in [-0.15, -0.1) is 0 Å². The zero-order chi connectivity index (χ0) is 13.1. The van der Waals surface area contributed by atoms with Crippen molar-refractivity contribution in [1.29, 1.82) is 0 Å². The molecule has 0 aliphatic carbocycles. The minimum Gasteiger partial charge on any atom is -0.493 e. The average Bonchev–Trinajstić information content (AvgIpc) is 2.94. The van der Waals surface area contributed by atoms with Crippen LogP contribution in [0.4, 0.5) is 0 Å². The van der Waals surface area contributed by atoms with Crippen LogP contribution in [0.25, 0.3) is 0 Å². The number of benzene rings is 2. The Kier molecular flexibility index (Phi) is 3.38. The Hall–Kier alpha value is -2.00. The van der Waals surface area contributed by atoms with E-state index in [0.717, 1.165) is 24.6 Å². The molecule has 98 valence electrons. The van der Waals surface area contributed by atoms with E-state index < -0.39 is 0 Å². The van der Waals surface area contributed by atoms with E-state index in [2.05, 4.69) is 23.5 Å². The molecule has 19 heavy (non-hydrogen) atoms. The van der Waals surface area contributed by atoms with E-state index in [0.29, 0.717) is 6.61 Å². The van der Waals surface area contributed by atoms with Crippen molar-refractivity contribution in [3.05, 3.63) is 59.2 Å². The van der Waals surface area contributed by atoms with Gasteiger partial charge in [0, 0.05) is 13.1 Å². The monoisotopic (exact) mass is 255 g/mol. The first kappa shape index (κ1) is 12.1. The zero-order valence-electron chi connectivity index (χ0n) is 11.0. The third-order valence-electron chi connectivity index (χ3n) is 3.44. The van der Waals surface area contributed by atoms with Gasteiger partial charge in [0.1, 0.15) is 6.61 Å². The Morgan fingerprint density at radius 1 is 1.00 bits per heavy atom. The Morgan fingerprint density at radius 2 is 1.84 bits per heavy atom. The number of methoxy groups -OCH3 is 1. The molecule has 0 saturated carbocycles. The predicted molar refractivity (Wildman–Crippen MR) is 74.3 cm³/mol. The maximum absolute atomic E-state index is 5.89. The van der Waals surface area contributed by atoms with E-state index >= 15 is 0 Å². The van der Waals surface area contributed by atoms with Gasteiger partial charge in [-0.25, -0.2) is 0 Å². The second-order valence-electron chi connectivity index (χ2n) is 4.60. The molecule has 3 rings (SSSR count). The van der Waals surface area contributed by atoms with E-state index in [9.17, 15) is 0 Å². The smallest absolute Gasteiger partial charge is 0.161 e. The summed E-state index contributed by atoms with van der Waals surface area (Å²) in [5.41, 5.74) is 3.99. The van der Waals surface area contributed by atoms with E-state index in [1.54, 1.807) is 7.11 Å². The van der Waals surface area contributed by atoms with E-state index in [-0.39, 0.29) is 0 Å². The molecule has 3 nitrogen and oxygen atoms in total. The lowest BCUT2D eigenvalue weighted by Crippen LogP contribution is -2.03. The summed E-state index contributed by atoms with van der Waals surface area (Å²) < 4.78 is 11.2. The van der Waals surface area contributed by atoms with Gasteiger partial charge in [0.05, 0.1) is 7.11 Å². The fraction of sp³-hybridized carbons (Fsp3) is 0.250. The van der Waals surface area contributed by atoms with Crippen LogP contribution in [0.1, 0.15) is 16.7 Å². The molecule has 0 saturated heterocycles. The first-order valence-corrected chi connectivity index (χ1v) is 6.44. The van der Waals surface area contributed by atoms with Gasteiger partial charge in [-0.1, -0.05) is 30.3 Å². The standard InChI is InChI=1S/C16H17NO2/c1-18-15-7-2-3-8-16(15)19-11-13-6-4-5-12-9-17-10-14(12)13/h2-8,17H,9-11H2,1H3. The van der Waals surface area contributed by atoms with Crippen molar-refractivity contribution in [1.82, 2.24) is 5.32 Å². The molecule has 0 radical (unpaired) electrons. The van der Waals surface area contributed by atoms with Gasteiger partial charge in [-0.3, -0.25) is 0 Å². The van der Waals surface area contributed by atoms with Crippen molar-refractivity contribution in [3.8, 4) is 11.5 Å². The van der Waals surface area contributed by atoms with Crippen LogP contribution < -0.4 is 14.8 Å². The zero-order valence-corrected chi connectivity index (χ0v) is 11.0. The molecule has 0 amide bonds. The SMILES string of the molecule is COc1ccccc1OCc1cccc2c1CNC2. The number of hydrogen-bond donors (Lipinski definition) is 1. The predicted octanol–water partition coefficient (Wildman–Crippen LogP) is 2.88. The summed E-state index contributed by atoms with van der Waals surface area (Å²) in [6.07, 6.45) is 0. The molecule has 0 unspecified atom stereocenters. The summed E-state index contributed by atoms with van der Waals surface area (Å²) >= 11 is 0. The van der Waals surface area contributed by atoms with Crippen molar-refractivity contribution in [2.24, 2.45) is 0 Å². The molecule has 2 aromatic carbocycles. The molecule has 1 aliphatic heterocycles. The van der Waals surface area contributed by atoms with Crippen LogP contribution in [0, 0.1) is 0 Å². The molecular formula is C16H17NO2. The summed E-state index contributed by atoms with van der Waals surface area (Å²) in [7, 11) is 1.66. The molecular weight excluding hydrogens is 238 g/mol. The van der Waals surface area contributed by atoms with Crippen LogP contribution in [-0.4, -0.2) is 7.11 Å². The number of para-hydroxylation sites is 2. The van der Waals surface area contributed by atoms with E-state index in [4.69, 9.17) is 9.47 Å². The van der Waals surface area contributed by atoms with Gasteiger partial charge in [0.15, 0.2) is 11.5 Å². The van der Waals surface area contributed by atoms with Crippen molar-refractivity contribution in [2.75, 3.05) is 7.11 Å². The number of ether oxygens (including phenoxy) is 2. The van der Waals surface area contributed by atoms with Gasteiger partial charge < -0.3 is 14.8 Å². The Labute approximate surface area is 113 Å². The molecule has 1 heterocycles. The molecule has 1 N–H and O–H groups in total. The number of hydrogen-bond acceptors (Lipinski definition) is 3. The molecule has 0 bridgehead atoms. The fourth-order valence-electron chi connectivity index (χ4n) is 2.43. The first-order chi connectivity index (χ1) is 9.38. The number of rotatable bonds is 4. The minimum absolute atomic E-state index is 0.575. The summed E-state index contributed by atoms with van der Waals surface area (Å²) in [6.45, 7) is 2.46. The van der Waals surface area contributed by atoms with Crippen molar-refractivity contribution < 1.29 is 9.47 Å². The summed E-state index contributed by atoms with van der Waals surface area (Å²) in [5, 5.41) is 3.37. The highest BCUT2D eigenvalue weighted by molar-refractivity contribution is 5.41. The molecule has 0 aromatic heterocycles. The Morgan fingerprint density at radius 3 is 2.68 bits per heavy atom. The maximum atomic E-state index is 5.89. The average molecular weight is 255 g/mol. The normalized spacial score (nSPS) is 13.1. The third kappa shape index (κ3) is 2.42. The first-order valence-electron chi connectivity index (χ1n) is 6.44. The third-order valence-corrected chi connectivity index (χ3v) is 3.44. The molecule has 2 aromatic rings. The lowest BCUT2D eigenvalue weighted by atomic mass is 10.0. The molecule has 3 heteroatoms. The van der Waals surface area contributed by atoms with Gasteiger partial charge >= 0.3 is 0 Å². The lowest BCUT2D eigenvalue weighted by molar-refractivity contribution is 0.283.